The first-order valence-electron chi connectivity index (χ1n) is 6.63. The molecule has 0 bridgehead atoms. The summed E-state index contributed by atoms with van der Waals surface area (Å²) in [5.41, 5.74) is -2.09. The van der Waals surface area contributed by atoms with E-state index in [1.165, 1.54) is 0 Å². The molecule has 0 unspecified atom stereocenters. The van der Waals surface area contributed by atoms with E-state index in [0.717, 1.165) is 31.4 Å². The summed E-state index contributed by atoms with van der Waals surface area (Å²) in [6.07, 6.45) is -0.542. The highest BCUT2D eigenvalue weighted by Crippen LogP contribution is 2.33. The lowest BCUT2D eigenvalue weighted by Crippen LogP contribution is -2.39. The number of aliphatic hydroxyl groups is 1. The number of rotatable bonds is 3. The highest BCUT2D eigenvalue weighted by atomic mass is 19.4. The third kappa shape index (κ3) is 3.62. The Labute approximate surface area is 114 Å². The normalized spacial score (nSPS) is 18.9. The van der Waals surface area contributed by atoms with Gasteiger partial charge in [-0.1, -0.05) is 19.3 Å². The van der Waals surface area contributed by atoms with E-state index in [-0.39, 0.29) is 12.2 Å². The lowest BCUT2D eigenvalue weighted by molar-refractivity contribution is -0.137. The van der Waals surface area contributed by atoms with Crippen molar-refractivity contribution in [2.24, 2.45) is 0 Å². The van der Waals surface area contributed by atoms with Gasteiger partial charge in [0.25, 0.3) is 0 Å². The summed E-state index contributed by atoms with van der Waals surface area (Å²) in [5, 5.41) is 12.9. The van der Waals surface area contributed by atoms with Gasteiger partial charge in [-0.3, -0.25) is 0 Å². The van der Waals surface area contributed by atoms with Crippen LogP contribution in [0.4, 0.5) is 23.2 Å². The van der Waals surface area contributed by atoms with E-state index >= 15 is 0 Å². The molecular weight excluding hydrogens is 274 g/mol. The van der Waals surface area contributed by atoms with Gasteiger partial charge in [-0.25, -0.2) is 4.39 Å². The second-order valence-electron chi connectivity index (χ2n) is 5.33. The molecule has 0 radical (unpaired) electrons. The van der Waals surface area contributed by atoms with Crippen molar-refractivity contribution < 1.29 is 22.7 Å². The minimum atomic E-state index is -4.51. The van der Waals surface area contributed by atoms with Crippen LogP contribution in [-0.2, 0) is 6.18 Å². The molecule has 112 valence electrons. The van der Waals surface area contributed by atoms with Gasteiger partial charge in [0.05, 0.1) is 16.9 Å². The summed E-state index contributed by atoms with van der Waals surface area (Å²) < 4.78 is 51.2. The Balaban J connectivity index is 2.09. The van der Waals surface area contributed by atoms with Crippen LogP contribution in [-0.4, -0.2) is 17.3 Å². The predicted octanol–water partition coefficient (Wildman–Crippen LogP) is 3.95. The van der Waals surface area contributed by atoms with Crippen molar-refractivity contribution in [2.75, 3.05) is 11.9 Å². The van der Waals surface area contributed by atoms with Gasteiger partial charge >= 0.3 is 6.18 Å². The Hall–Kier alpha value is -1.30. The summed E-state index contributed by atoms with van der Waals surface area (Å²) in [6, 6.07) is 2.23. The highest BCUT2D eigenvalue weighted by molar-refractivity contribution is 5.48. The lowest BCUT2D eigenvalue weighted by atomic mass is 9.85. The average molecular weight is 291 g/mol. The van der Waals surface area contributed by atoms with Gasteiger partial charge in [0, 0.05) is 6.54 Å². The van der Waals surface area contributed by atoms with Crippen molar-refractivity contribution in [3.8, 4) is 0 Å². The third-order valence-electron chi connectivity index (χ3n) is 3.69. The Morgan fingerprint density at radius 1 is 1.15 bits per heavy atom. The van der Waals surface area contributed by atoms with E-state index in [9.17, 15) is 22.7 Å². The van der Waals surface area contributed by atoms with Crippen molar-refractivity contribution in [3.63, 3.8) is 0 Å². The topological polar surface area (TPSA) is 32.3 Å². The van der Waals surface area contributed by atoms with Crippen LogP contribution in [0.1, 0.15) is 37.7 Å². The number of hydrogen-bond donors (Lipinski definition) is 2. The maximum atomic E-state index is 13.5. The molecule has 0 heterocycles. The van der Waals surface area contributed by atoms with Crippen LogP contribution in [0.5, 0.6) is 0 Å². The number of benzene rings is 1. The van der Waals surface area contributed by atoms with Crippen molar-refractivity contribution in [1.29, 1.82) is 0 Å². The molecule has 20 heavy (non-hydrogen) atoms. The second kappa shape index (κ2) is 5.60. The smallest absolute Gasteiger partial charge is 0.388 e. The monoisotopic (exact) mass is 291 g/mol. The van der Waals surface area contributed by atoms with Crippen LogP contribution in [0.15, 0.2) is 18.2 Å². The zero-order chi connectivity index (χ0) is 14.8. The molecule has 0 amide bonds. The molecule has 0 aliphatic heterocycles. The molecule has 2 rings (SSSR count). The molecule has 6 heteroatoms. The third-order valence-corrected chi connectivity index (χ3v) is 3.69. The van der Waals surface area contributed by atoms with Crippen molar-refractivity contribution in [1.82, 2.24) is 0 Å². The fraction of sp³-hybridized carbons (Fsp3) is 0.571. The summed E-state index contributed by atoms with van der Waals surface area (Å²) in [7, 11) is 0. The Kier molecular flexibility index (Phi) is 4.22. The van der Waals surface area contributed by atoms with Gasteiger partial charge in [0.2, 0.25) is 0 Å². The Morgan fingerprint density at radius 2 is 1.80 bits per heavy atom. The molecule has 0 atom stereocenters. The molecular formula is C14H17F4NO. The SMILES string of the molecule is OC1(CNc2cc(C(F)(F)F)ccc2F)CCCCC1. The molecule has 1 fully saturated rings. The van der Waals surface area contributed by atoms with E-state index < -0.39 is 23.2 Å². The first-order chi connectivity index (χ1) is 9.30. The van der Waals surface area contributed by atoms with Crippen LogP contribution in [0.3, 0.4) is 0 Å². The largest absolute Gasteiger partial charge is 0.416 e. The zero-order valence-corrected chi connectivity index (χ0v) is 10.9. The summed E-state index contributed by atoms with van der Waals surface area (Å²) >= 11 is 0. The number of nitrogens with one attached hydrogen (secondary N) is 1. The maximum Gasteiger partial charge on any atom is 0.416 e. The predicted molar refractivity (Wildman–Crippen MR) is 67.9 cm³/mol. The Bertz CT molecular complexity index is 467. The molecule has 1 aromatic carbocycles. The molecule has 0 spiro atoms. The first-order valence-corrected chi connectivity index (χ1v) is 6.63. The van der Waals surface area contributed by atoms with Gasteiger partial charge in [-0.2, -0.15) is 13.2 Å². The van der Waals surface area contributed by atoms with Crippen LogP contribution < -0.4 is 5.32 Å². The summed E-state index contributed by atoms with van der Waals surface area (Å²) in [5.74, 6) is -0.752. The molecule has 1 saturated carbocycles. The van der Waals surface area contributed by atoms with Gasteiger partial charge < -0.3 is 10.4 Å². The van der Waals surface area contributed by atoms with Crippen molar-refractivity contribution >= 4 is 5.69 Å². The average Bonchev–Trinajstić information content (AvgIpc) is 2.37. The van der Waals surface area contributed by atoms with Crippen molar-refractivity contribution in [3.05, 3.63) is 29.6 Å². The number of anilines is 1. The lowest BCUT2D eigenvalue weighted by Gasteiger charge is -2.32. The molecule has 1 aromatic rings. The van der Waals surface area contributed by atoms with E-state index in [2.05, 4.69) is 5.32 Å². The number of halogens is 4. The fourth-order valence-electron chi connectivity index (χ4n) is 2.48. The molecule has 0 aromatic heterocycles. The minimum Gasteiger partial charge on any atom is -0.388 e. The molecule has 1 aliphatic carbocycles. The van der Waals surface area contributed by atoms with E-state index in [4.69, 9.17) is 0 Å². The van der Waals surface area contributed by atoms with Gasteiger partial charge in [0.1, 0.15) is 5.82 Å². The Morgan fingerprint density at radius 3 is 2.40 bits per heavy atom. The summed E-state index contributed by atoms with van der Waals surface area (Å²) in [4.78, 5) is 0. The van der Waals surface area contributed by atoms with Gasteiger partial charge in [0.15, 0.2) is 0 Å². The van der Waals surface area contributed by atoms with Gasteiger partial charge in [-0.05, 0) is 31.0 Å². The van der Waals surface area contributed by atoms with Crippen LogP contribution in [0.25, 0.3) is 0 Å². The zero-order valence-electron chi connectivity index (χ0n) is 10.9. The van der Waals surface area contributed by atoms with Crippen LogP contribution in [0, 0.1) is 5.82 Å². The molecule has 2 N–H and O–H groups in total. The molecule has 0 saturated heterocycles. The minimum absolute atomic E-state index is 0.0607. The molecule has 1 aliphatic rings. The quantitative estimate of drug-likeness (QED) is 0.826. The van der Waals surface area contributed by atoms with Crippen LogP contribution >= 0.6 is 0 Å². The van der Waals surface area contributed by atoms with Crippen molar-refractivity contribution in [2.45, 2.75) is 43.9 Å². The van der Waals surface area contributed by atoms with E-state index in [0.29, 0.717) is 18.9 Å². The highest BCUT2D eigenvalue weighted by Gasteiger charge is 2.32. The standard InChI is InChI=1S/C14H17F4NO/c15-11-5-4-10(14(16,17)18)8-12(11)19-9-13(20)6-2-1-3-7-13/h4-5,8,19-20H,1-3,6-7,9H2. The first kappa shape index (κ1) is 15.1. The fourth-order valence-corrected chi connectivity index (χ4v) is 2.48. The number of alkyl halides is 3. The van der Waals surface area contributed by atoms with E-state index in [1.807, 2.05) is 0 Å². The van der Waals surface area contributed by atoms with Crippen LogP contribution in [0.2, 0.25) is 0 Å². The number of hydrogen-bond acceptors (Lipinski definition) is 2. The molecule has 2 nitrogen and oxygen atoms in total. The maximum absolute atomic E-state index is 13.5. The van der Waals surface area contributed by atoms with E-state index in [1.54, 1.807) is 0 Å². The van der Waals surface area contributed by atoms with Gasteiger partial charge in [-0.15, -0.1) is 0 Å². The summed E-state index contributed by atoms with van der Waals surface area (Å²) in [6.45, 7) is 0.0607. The second-order valence-corrected chi connectivity index (χ2v) is 5.33.